The van der Waals surface area contributed by atoms with E-state index in [-0.39, 0.29) is 0 Å². The number of nitrogens with one attached hydrogen (secondary N) is 2. The van der Waals surface area contributed by atoms with E-state index in [0.29, 0.717) is 26.4 Å². The summed E-state index contributed by atoms with van der Waals surface area (Å²) >= 11 is 1.90. The molecule has 0 unspecified atom stereocenters. The van der Waals surface area contributed by atoms with Gasteiger partial charge in [-0.05, 0) is 49.8 Å². The number of unbranched alkanes of at least 4 members (excludes halogenated alkanes) is 1. The third-order valence-electron chi connectivity index (χ3n) is 3.67. The zero-order valence-corrected chi connectivity index (χ0v) is 17.4. The van der Waals surface area contributed by atoms with Crippen LogP contribution in [-0.2, 0) is 22.6 Å². The molecule has 2 N–H and O–H groups in total. The van der Waals surface area contributed by atoms with Gasteiger partial charge < -0.3 is 20.1 Å². The second kappa shape index (κ2) is 16.0. The number of thioether (sulfide) groups is 1. The van der Waals surface area contributed by atoms with Crippen LogP contribution in [0.3, 0.4) is 0 Å². The molecule has 0 spiro atoms. The third kappa shape index (κ3) is 11.4. The van der Waals surface area contributed by atoms with Gasteiger partial charge in [-0.2, -0.15) is 11.8 Å². The van der Waals surface area contributed by atoms with E-state index < -0.39 is 0 Å². The maximum atomic E-state index is 5.64. The zero-order chi connectivity index (χ0) is 18.9. The van der Waals surface area contributed by atoms with Crippen LogP contribution in [0.5, 0.6) is 0 Å². The minimum atomic E-state index is 0.610. The molecule has 0 aliphatic carbocycles. The molecule has 0 aliphatic heterocycles. The molecule has 0 aromatic heterocycles. The Morgan fingerprint density at radius 3 is 2.65 bits per heavy atom. The Morgan fingerprint density at radius 1 is 1.08 bits per heavy atom. The number of hydrogen-bond donors (Lipinski definition) is 2. The number of guanidine groups is 1. The third-order valence-corrected chi connectivity index (χ3v) is 4.36. The molecular weight excluding hydrogens is 346 g/mol. The van der Waals surface area contributed by atoms with Crippen molar-refractivity contribution in [3.8, 4) is 0 Å². The molecule has 5 nitrogen and oxygen atoms in total. The smallest absolute Gasteiger partial charge is 0.191 e. The maximum Gasteiger partial charge on any atom is 0.191 e. The lowest BCUT2D eigenvalue weighted by Crippen LogP contribution is -2.37. The highest BCUT2D eigenvalue weighted by Crippen LogP contribution is 2.08. The Balaban J connectivity index is 2.43. The van der Waals surface area contributed by atoms with E-state index in [0.717, 1.165) is 25.7 Å². The van der Waals surface area contributed by atoms with E-state index in [1.807, 2.05) is 18.7 Å². The molecule has 6 heteroatoms. The van der Waals surface area contributed by atoms with E-state index in [9.17, 15) is 0 Å². The zero-order valence-electron chi connectivity index (χ0n) is 16.6. The van der Waals surface area contributed by atoms with Gasteiger partial charge in [0.05, 0.1) is 26.4 Å². The normalized spacial score (nSPS) is 11.6. The van der Waals surface area contributed by atoms with E-state index >= 15 is 0 Å². The Kier molecular flexibility index (Phi) is 14.0. The van der Waals surface area contributed by atoms with Crippen molar-refractivity contribution in [3.63, 3.8) is 0 Å². The van der Waals surface area contributed by atoms with Crippen molar-refractivity contribution in [2.75, 3.05) is 44.9 Å². The second-order valence-electron chi connectivity index (χ2n) is 5.89. The predicted molar refractivity (Wildman–Crippen MR) is 113 cm³/mol. The van der Waals surface area contributed by atoms with Crippen LogP contribution in [0.25, 0.3) is 0 Å². The topological polar surface area (TPSA) is 54.9 Å². The van der Waals surface area contributed by atoms with E-state index in [2.05, 4.69) is 48.1 Å². The molecule has 0 saturated carbocycles. The monoisotopic (exact) mass is 381 g/mol. The lowest BCUT2D eigenvalue weighted by molar-refractivity contribution is 0.0453. The lowest BCUT2D eigenvalue weighted by Gasteiger charge is -2.11. The van der Waals surface area contributed by atoms with Crippen molar-refractivity contribution in [2.24, 2.45) is 4.99 Å². The van der Waals surface area contributed by atoms with Gasteiger partial charge >= 0.3 is 0 Å². The average molecular weight is 382 g/mol. The first-order valence-corrected chi connectivity index (χ1v) is 10.9. The number of benzene rings is 1. The maximum absolute atomic E-state index is 5.64. The van der Waals surface area contributed by atoms with E-state index in [1.165, 1.54) is 29.7 Å². The van der Waals surface area contributed by atoms with Gasteiger partial charge in [-0.15, -0.1) is 0 Å². The highest BCUT2D eigenvalue weighted by atomic mass is 32.2. The first kappa shape index (κ1) is 22.8. The molecule has 1 aromatic carbocycles. The summed E-state index contributed by atoms with van der Waals surface area (Å²) in [6.07, 6.45) is 4.55. The Morgan fingerprint density at radius 2 is 1.88 bits per heavy atom. The molecule has 0 aliphatic rings. The summed E-state index contributed by atoms with van der Waals surface area (Å²) in [6.45, 7) is 9.18. The Hall–Kier alpha value is -1.24. The summed E-state index contributed by atoms with van der Waals surface area (Å²) in [7, 11) is 0. The Labute approximate surface area is 163 Å². The molecule has 0 heterocycles. The van der Waals surface area contributed by atoms with Gasteiger partial charge in [-0.1, -0.05) is 24.3 Å². The molecule has 148 valence electrons. The number of rotatable bonds is 14. The second-order valence-corrected chi connectivity index (χ2v) is 6.88. The van der Waals surface area contributed by atoms with Gasteiger partial charge in [0.2, 0.25) is 0 Å². The molecule has 0 saturated heterocycles. The van der Waals surface area contributed by atoms with Crippen molar-refractivity contribution < 1.29 is 9.47 Å². The number of ether oxygens (including phenoxy) is 2. The van der Waals surface area contributed by atoms with E-state index in [4.69, 9.17) is 14.5 Å². The summed E-state index contributed by atoms with van der Waals surface area (Å²) in [6, 6.07) is 8.42. The van der Waals surface area contributed by atoms with E-state index in [1.54, 1.807) is 0 Å². The largest absolute Gasteiger partial charge is 0.379 e. The summed E-state index contributed by atoms with van der Waals surface area (Å²) in [4.78, 5) is 4.69. The minimum Gasteiger partial charge on any atom is -0.379 e. The van der Waals surface area contributed by atoms with Gasteiger partial charge in [0.15, 0.2) is 5.96 Å². The first-order chi connectivity index (χ1) is 12.8. The standard InChI is InChI=1S/C20H35N3O2S/c1-4-21-20(22-11-6-7-14-26-3)23-16-18-9-8-10-19(15-18)17-25-13-12-24-5-2/h8-10,15H,4-7,11-14,16-17H2,1-3H3,(H2,21,22,23). The van der Waals surface area contributed by atoms with Crippen LogP contribution in [-0.4, -0.2) is 50.9 Å². The van der Waals surface area contributed by atoms with Crippen molar-refractivity contribution >= 4 is 17.7 Å². The molecule has 0 fully saturated rings. The van der Waals surface area contributed by atoms with Crippen molar-refractivity contribution in [1.29, 1.82) is 0 Å². The molecule has 0 bridgehead atoms. The highest BCUT2D eigenvalue weighted by Gasteiger charge is 2.00. The SMILES string of the molecule is CCNC(=NCc1cccc(COCCOCC)c1)NCCCCSC. The van der Waals surface area contributed by atoms with Gasteiger partial charge in [-0.3, -0.25) is 0 Å². The first-order valence-electron chi connectivity index (χ1n) is 9.54. The van der Waals surface area contributed by atoms with Crippen LogP contribution in [0.1, 0.15) is 37.8 Å². The molecular formula is C20H35N3O2S. The van der Waals surface area contributed by atoms with Crippen LogP contribution in [0, 0.1) is 0 Å². The van der Waals surface area contributed by atoms with Crippen LogP contribution < -0.4 is 10.6 Å². The van der Waals surface area contributed by atoms with Crippen LogP contribution in [0.4, 0.5) is 0 Å². The predicted octanol–water partition coefficient (Wildman–Crippen LogP) is 3.44. The fraction of sp³-hybridized carbons (Fsp3) is 0.650. The number of aliphatic imine (C=N–C) groups is 1. The molecule has 0 radical (unpaired) electrons. The summed E-state index contributed by atoms with van der Waals surface area (Å²) < 4.78 is 10.9. The Bertz CT molecular complexity index is 498. The van der Waals surface area contributed by atoms with Gasteiger partial charge in [-0.25, -0.2) is 4.99 Å². The van der Waals surface area contributed by atoms with Crippen molar-refractivity contribution in [2.45, 2.75) is 39.8 Å². The van der Waals surface area contributed by atoms with Gasteiger partial charge in [0.25, 0.3) is 0 Å². The van der Waals surface area contributed by atoms with Crippen molar-refractivity contribution in [3.05, 3.63) is 35.4 Å². The van der Waals surface area contributed by atoms with Gasteiger partial charge in [0, 0.05) is 19.7 Å². The molecule has 0 amide bonds. The van der Waals surface area contributed by atoms with Crippen LogP contribution in [0.15, 0.2) is 29.3 Å². The minimum absolute atomic E-state index is 0.610. The lowest BCUT2D eigenvalue weighted by atomic mass is 10.1. The highest BCUT2D eigenvalue weighted by molar-refractivity contribution is 7.98. The molecule has 26 heavy (non-hydrogen) atoms. The molecule has 1 rings (SSSR count). The average Bonchev–Trinajstić information content (AvgIpc) is 2.66. The van der Waals surface area contributed by atoms with Crippen LogP contribution >= 0.6 is 11.8 Å². The quantitative estimate of drug-likeness (QED) is 0.294. The summed E-state index contributed by atoms with van der Waals surface area (Å²) in [5.74, 6) is 2.10. The summed E-state index contributed by atoms with van der Waals surface area (Å²) in [5, 5.41) is 6.72. The van der Waals surface area contributed by atoms with Gasteiger partial charge in [0.1, 0.15) is 0 Å². The summed E-state index contributed by atoms with van der Waals surface area (Å²) in [5.41, 5.74) is 2.36. The fourth-order valence-electron chi connectivity index (χ4n) is 2.36. The molecule has 0 atom stereocenters. The van der Waals surface area contributed by atoms with Crippen molar-refractivity contribution in [1.82, 2.24) is 10.6 Å². The fourth-order valence-corrected chi connectivity index (χ4v) is 2.85. The molecule has 1 aromatic rings. The number of hydrogen-bond acceptors (Lipinski definition) is 4. The number of nitrogens with zero attached hydrogens (tertiary/aromatic N) is 1. The van der Waals surface area contributed by atoms with Crippen LogP contribution in [0.2, 0.25) is 0 Å².